The zero-order chi connectivity index (χ0) is 14.5. The number of halogens is 1. The van der Waals surface area contributed by atoms with Gasteiger partial charge in [0.1, 0.15) is 11.8 Å². The first-order chi connectivity index (χ1) is 9.63. The lowest BCUT2D eigenvalue weighted by molar-refractivity contribution is 0.102. The molecule has 1 N–H and O–H groups in total. The van der Waals surface area contributed by atoms with Gasteiger partial charge >= 0.3 is 0 Å². The van der Waals surface area contributed by atoms with Crippen LogP contribution < -0.4 is 10.1 Å². The Morgan fingerprint density at radius 1 is 1.30 bits per heavy atom. The molecule has 0 fully saturated rings. The van der Waals surface area contributed by atoms with Crippen molar-refractivity contribution >= 4 is 23.2 Å². The van der Waals surface area contributed by atoms with Gasteiger partial charge in [-0.15, -0.1) is 0 Å². The molecule has 0 aliphatic rings. The van der Waals surface area contributed by atoms with Gasteiger partial charge in [-0.2, -0.15) is 5.26 Å². The molecule has 100 valence electrons. The van der Waals surface area contributed by atoms with Crippen LogP contribution in [-0.4, -0.2) is 13.0 Å². The van der Waals surface area contributed by atoms with Crippen molar-refractivity contribution in [2.24, 2.45) is 0 Å². The second-order valence-electron chi connectivity index (χ2n) is 3.99. The Hall–Kier alpha value is -2.51. The van der Waals surface area contributed by atoms with Crippen LogP contribution in [0.25, 0.3) is 0 Å². The molecule has 0 aliphatic heterocycles. The quantitative estimate of drug-likeness (QED) is 0.939. The predicted molar refractivity (Wildman–Crippen MR) is 77.1 cm³/mol. The second-order valence-corrected chi connectivity index (χ2v) is 4.40. The van der Waals surface area contributed by atoms with Crippen LogP contribution in [0, 0.1) is 11.3 Å². The van der Waals surface area contributed by atoms with Gasteiger partial charge in [0.05, 0.1) is 17.7 Å². The molecule has 0 radical (unpaired) electrons. The average Bonchev–Trinajstić information content (AvgIpc) is 2.49. The van der Waals surface area contributed by atoms with E-state index >= 15 is 0 Å². The van der Waals surface area contributed by atoms with E-state index < -0.39 is 0 Å². The molecule has 0 spiro atoms. The van der Waals surface area contributed by atoms with E-state index in [1.165, 1.54) is 13.2 Å². The van der Waals surface area contributed by atoms with Crippen molar-refractivity contribution in [2.45, 2.75) is 0 Å². The lowest BCUT2D eigenvalue weighted by atomic mass is 10.1. The molecule has 5 heteroatoms. The number of anilines is 1. The highest BCUT2D eigenvalue weighted by molar-refractivity contribution is 6.31. The summed E-state index contributed by atoms with van der Waals surface area (Å²) in [5, 5.41) is 12.0. The lowest BCUT2D eigenvalue weighted by Gasteiger charge is -2.07. The molecule has 0 heterocycles. The van der Waals surface area contributed by atoms with E-state index in [1.54, 1.807) is 36.4 Å². The summed E-state index contributed by atoms with van der Waals surface area (Å²) in [4.78, 5) is 12.1. The van der Waals surface area contributed by atoms with Crippen molar-refractivity contribution in [1.82, 2.24) is 0 Å². The number of nitrogens with one attached hydrogen (secondary N) is 1. The van der Waals surface area contributed by atoms with Crippen LogP contribution in [0.5, 0.6) is 5.75 Å². The fraction of sp³-hybridized carbons (Fsp3) is 0.0667. The van der Waals surface area contributed by atoms with Crippen LogP contribution in [-0.2, 0) is 0 Å². The average molecular weight is 287 g/mol. The summed E-state index contributed by atoms with van der Waals surface area (Å²) in [5.41, 5.74) is 1.30. The molecule has 0 saturated heterocycles. The second kappa shape index (κ2) is 6.09. The minimum absolute atomic E-state index is 0.282. The maximum absolute atomic E-state index is 12.1. The molecule has 0 aliphatic carbocycles. The summed E-state index contributed by atoms with van der Waals surface area (Å²) in [7, 11) is 1.54. The first kappa shape index (κ1) is 13.9. The Balaban J connectivity index is 2.21. The number of hydrogen-bond donors (Lipinski definition) is 1. The molecule has 2 aromatic carbocycles. The minimum Gasteiger partial charge on any atom is -0.497 e. The molecule has 2 aromatic rings. The first-order valence-electron chi connectivity index (χ1n) is 5.79. The van der Waals surface area contributed by atoms with Crippen LogP contribution in [0.3, 0.4) is 0 Å². The Morgan fingerprint density at radius 2 is 2.10 bits per heavy atom. The number of carbonyl (C=O) groups is 1. The highest BCUT2D eigenvalue weighted by Gasteiger charge is 2.08. The Labute approximate surface area is 121 Å². The normalized spacial score (nSPS) is 9.65. The molecular weight excluding hydrogens is 276 g/mol. The van der Waals surface area contributed by atoms with Crippen molar-refractivity contribution in [3.8, 4) is 11.8 Å². The molecule has 2 rings (SSSR count). The van der Waals surface area contributed by atoms with Crippen LogP contribution in [0.2, 0.25) is 5.02 Å². The number of ether oxygens (including phenoxy) is 1. The van der Waals surface area contributed by atoms with E-state index in [0.717, 1.165) is 0 Å². The first-order valence-corrected chi connectivity index (χ1v) is 6.17. The van der Waals surface area contributed by atoms with Crippen LogP contribution >= 0.6 is 11.6 Å². The van der Waals surface area contributed by atoms with Crippen molar-refractivity contribution in [1.29, 1.82) is 5.26 Å². The third-order valence-corrected chi connectivity index (χ3v) is 3.01. The third kappa shape index (κ3) is 3.08. The number of amides is 1. The number of methoxy groups -OCH3 is 1. The monoisotopic (exact) mass is 286 g/mol. The summed E-state index contributed by atoms with van der Waals surface area (Å²) in [6, 6.07) is 13.5. The Morgan fingerprint density at radius 3 is 2.80 bits per heavy atom. The zero-order valence-corrected chi connectivity index (χ0v) is 11.4. The highest BCUT2D eigenvalue weighted by Crippen LogP contribution is 2.20. The number of nitriles is 1. The zero-order valence-electron chi connectivity index (χ0n) is 10.7. The van der Waals surface area contributed by atoms with E-state index in [4.69, 9.17) is 21.6 Å². The summed E-state index contributed by atoms with van der Waals surface area (Å²) >= 11 is 5.84. The summed E-state index contributed by atoms with van der Waals surface area (Å²) in [5.74, 6) is 0.321. The topological polar surface area (TPSA) is 62.1 Å². The number of benzene rings is 2. The molecule has 0 unspecified atom stereocenters. The van der Waals surface area contributed by atoms with Gasteiger partial charge in [-0.1, -0.05) is 17.7 Å². The number of hydrogen-bond acceptors (Lipinski definition) is 3. The summed E-state index contributed by atoms with van der Waals surface area (Å²) in [6.07, 6.45) is 0. The standard InChI is InChI=1S/C15H11ClN2O2/c1-20-13-4-2-3-10(8-13)15(19)18-12-5-6-14(16)11(7-12)9-17/h2-8H,1H3,(H,18,19). The number of rotatable bonds is 3. The maximum atomic E-state index is 12.1. The van der Waals surface area contributed by atoms with Gasteiger partial charge in [-0.05, 0) is 36.4 Å². The lowest BCUT2D eigenvalue weighted by Crippen LogP contribution is -2.12. The number of nitrogens with zero attached hydrogens (tertiary/aromatic N) is 1. The van der Waals surface area contributed by atoms with Crippen LogP contribution in [0.1, 0.15) is 15.9 Å². The van der Waals surface area contributed by atoms with Gasteiger partial charge in [0.2, 0.25) is 0 Å². The minimum atomic E-state index is -0.282. The largest absolute Gasteiger partial charge is 0.497 e. The number of carbonyl (C=O) groups excluding carboxylic acids is 1. The van der Waals surface area contributed by atoms with E-state index in [2.05, 4.69) is 5.32 Å². The fourth-order valence-electron chi connectivity index (χ4n) is 1.66. The molecule has 0 bridgehead atoms. The van der Waals surface area contributed by atoms with E-state index in [-0.39, 0.29) is 5.91 Å². The molecule has 4 nitrogen and oxygen atoms in total. The summed E-state index contributed by atoms with van der Waals surface area (Å²) < 4.78 is 5.07. The van der Waals surface area contributed by atoms with E-state index in [1.807, 2.05) is 6.07 Å². The maximum Gasteiger partial charge on any atom is 0.255 e. The van der Waals surface area contributed by atoms with Gasteiger partial charge in [0.15, 0.2) is 0 Å². The van der Waals surface area contributed by atoms with Crippen molar-refractivity contribution < 1.29 is 9.53 Å². The van der Waals surface area contributed by atoms with Gasteiger partial charge in [-0.3, -0.25) is 4.79 Å². The molecule has 1 amide bonds. The molecule has 0 saturated carbocycles. The van der Waals surface area contributed by atoms with Crippen molar-refractivity contribution in [2.75, 3.05) is 12.4 Å². The smallest absolute Gasteiger partial charge is 0.255 e. The summed E-state index contributed by atoms with van der Waals surface area (Å²) in [6.45, 7) is 0. The highest BCUT2D eigenvalue weighted by atomic mass is 35.5. The predicted octanol–water partition coefficient (Wildman–Crippen LogP) is 3.47. The molecule has 0 aromatic heterocycles. The van der Waals surface area contributed by atoms with E-state index in [0.29, 0.717) is 27.6 Å². The van der Waals surface area contributed by atoms with Crippen LogP contribution in [0.15, 0.2) is 42.5 Å². The van der Waals surface area contributed by atoms with Crippen molar-refractivity contribution in [3.63, 3.8) is 0 Å². The van der Waals surface area contributed by atoms with Gasteiger partial charge in [0, 0.05) is 11.3 Å². The molecule has 20 heavy (non-hydrogen) atoms. The third-order valence-electron chi connectivity index (χ3n) is 2.68. The molecule has 0 atom stereocenters. The van der Waals surface area contributed by atoms with Gasteiger partial charge in [-0.25, -0.2) is 0 Å². The fourth-order valence-corrected chi connectivity index (χ4v) is 1.82. The molecular formula is C15H11ClN2O2. The Bertz CT molecular complexity index is 693. The van der Waals surface area contributed by atoms with Crippen molar-refractivity contribution in [3.05, 3.63) is 58.6 Å². The SMILES string of the molecule is COc1cccc(C(=O)Nc2ccc(Cl)c(C#N)c2)c1. The van der Waals surface area contributed by atoms with E-state index in [9.17, 15) is 4.79 Å². The Kier molecular flexibility index (Phi) is 4.24. The van der Waals surface area contributed by atoms with Gasteiger partial charge < -0.3 is 10.1 Å². The van der Waals surface area contributed by atoms with Crippen LogP contribution in [0.4, 0.5) is 5.69 Å². The van der Waals surface area contributed by atoms with Gasteiger partial charge in [0.25, 0.3) is 5.91 Å².